The van der Waals surface area contributed by atoms with E-state index >= 15 is 0 Å². The predicted octanol–water partition coefficient (Wildman–Crippen LogP) is 1.82. The summed E-state index contributed by atoms with van der Waals surface area (Å²) in [6.07, 6.45) is 5.50. The van der Waals surface area contributed by atoms with Crippen LogP contribution in [0.25, 0.3) is 0 Å². The van der Waals surface area contributed by atoms with Crippen LogP contribution in [0.5, 0.6) is 0 Å². The van der Waals surface area contributed by atoms with Gasteiger partial charge in [-0.3, -0.25) is 14.7 Å². The number of aromatic nitrogens is 2. The summed E-state index contributed by atoms with van der Waals surface area (Å²) in [5, 5.41) is 3.08. The van der Waals surface area contributed by atoms with E-state index in [2.05, 4.69) is 20.2 Å². The number of nitrogens with one attached hydrogen (secondary N) is 1. The molecule has 6 heteroatoms. The molecule has 2 aromatic rings. The van der Waals surface area contributed by atoms with Gasteiger partial charge in [0.2, 0.25) is 5.91 Å². The lowest BCUT2D eigenvalue weighted by molar-refractivity contribution is -0.125. The molecule has 3 rings (SSSR count). The van der Waals surface area contributed by atoms with Gasteiger partial charge in [-0.1, -0.05) is 12.1 Å². The van der Waals surface area contributed by atoms with Crippen LogP contribution in [0, 0.1) is 0 Å². The van der Waals surface area contributed by atoms with Gasteiger partial charge in [0.05, 0.1) is 11.7 Å². The summed E-state index contributed by atoms with van der Waals surface area (Å²) in [4.78, 5) is 25.6. The number of nitrogens with zero attached hydrogens (tertiary/aromatic N) is 4. The number of rotatable bonds is 6. The highest BCUT2D eigenvalue weighted by molar-refractivity contribution is 5.82. The van der Waals surface area contributed by atoms with Crippen LogP contribution < -0.4 is 10.2 Å². The second-order valence-corrected chi connectivity index (χ2v) is 6.55. The maximum absolute atomic E-state index is 12.7. The van der Waals surface area contributed by atoms with E-state index in [-0.39, 0.29) is 11.9 Å². The van der Waals surface area contributed by atoms with Crippen molar-refractivity contribution in [1.29, 1.82) is 0 Å². The summed E-state index contributed by atoms with van der Waals surface area (Å²) in [7, 11) is 3.92. The van der Waals surface area contributed by atoms with E-state index in [9.17, 15) is 4.79 Å². The molecule has 25 heavy (non-hydrogen) atoms. The Kier molecular flexibility index (Phi) is 5.60. The summed E-state index contributed by atoms with van der Waals surface area (Å²) >= 11 is 0. The SMILES string of the molecule is CN(C)c1ncccc1CNC(=O)C1CCCN1Cc1ccccn1. The highest BCUT2D eigenvalue weighted by atomic mass is 16.2. The number of pyridine rings is 2. The van der Waals surface area contributed by atoms with Crippen molar-refractivity contribution < 1.29 is 4.79 Å². The Bertz CT molecular complexity index is 704. The first-order valence-corrected chi connectivity index (χ1v) is 8.68. The number of hydrogen-bond donors (Lipinski definition) is 1. The van der Waals surface area contributed by atoms with Gasteiger partial charge in [0, 0.05) is 45.1 Å². The molecule has 2 aromatic heterocycles. The van der Waals surface area contributed by atoms with Crippen LogP contribution >= 0.6 is 0 Å². The first-order valence-electron chi connectivity index (χ1n) is 8.68. The summed E-state index contributed by atoms with van der Waals surface area (Å²) in [6.45, 7) is 2.15. The Morgan fingerprint density at radius 3 is 2.84 bits per heavy atom. The van der Waals surface area contributed by atoms with Crippen LogP contribution in [-0.4, -0.2) is 47.5 Å². The predicted molar refractivity (Wildman–Crippen MR) is 98.1 cm³/mol. The minimum Gasteiger partial charge on any atom is -0.362 e. The van der Waals surface area contributed by atoms with Crippen molar-refractivity contribution in [2.45, 2.75) is 32.0 Å². The number of carbonyl (C=O) groups is 1. The molecule has 1 unspecified atom stereocenters. The van der Waals surface area contributed by atoms with E-state index in [0.717, 1.165) is 43.0 Å². The molecule has 1 atom stereocenters. The molecule has 1 aliphatic rings. The molecule has 1 fully saturated rings. The van der Waals surface area contributed by atoms with Crippen molar-refractivity contribution in [1.82, 2.24) is 20.2 Å². The van der Waals surface area contributed by atoms with Crippen LogP contribution in [0.1, 0.15) is 24.1 Å². The third-order valence-electron chi connectivity index (χ3n) is 4.50. The van der Waals surface area contributed by atoms with Crippen molar-refractivity contribution in [3.63, 3.8) is 0 Å². The molecule has 1 amide bonds. The highest BCUT2D eigenvalue weighted by Gasteiger charge is 2.30. The van der Waals surface area contributed by atoms with E-state index in [0.29, 0.717) is 6.54 Å². The largest absolute Gasteiger partial charge is 0.362 e. The lowest BCUT2D eigenvalue weighted by Crippen LogP contribution is -2.42. The molecule has 1 aliphatic heterocycles. The topological polar surface area (TPSA) is 61.4 Å². The average molecular weight is 339 g/mol. The van der Waals surface area contributed by atoms with Gasteiger partial charge in [0.15, 0.2) is 0 Å². The minimum atomic E-state index is -0.0820. The number of anilines is 1. The molecule has 1 N–H and O–H groups in total. The van der Waals surface area contributed by atoms with Gasteiger partial charge in [0.1, 0.15) is 5.82 Å². The maximum Gasteiger partial charge on any atom is 0.237 e. The van der Waals surface area contributed by atoms with Crippen molar-refractivity contribution >= 4 is 11.7 Å². The Hall–Kier alpha value is -2.47. The van der Waals surface area contributed by atoms with Crippen LogP contribution in [0.2, 0.25) is 0 Å². The Labute approximate surface area is 148 Å². The molecule has 0 aromatic carbocycles. The zero-order valence-electron chi connectivity index (χ0n) is 14.9. The van der Waals surface area contributed by atoms with Crippen LogP contribution in [0.3, 0.4) is 0 Å². The Balaban J connectivity index is 1.61. The third kappa shape index (κ3) is 4.33. The first kappa shape index (κ1) is 17.4. The summed E-state index contributed by atoms with van der Waals surface area (Å²) in [5.74, 6) is 0.974. The maximum atomic E-state index is 12.7. The van der Waals surface area contributed by atoms with Gasteiger partial charge in [0.25, 0.3) is 0 Å². The molecule has 0 spiro atoms. The van der Waals surface area contributed by atoms with Gasteiger partial charge in [-0.2, -0.15) is 0 Å². The zero-order chi connectivity index (χ0) is 17.6. The Morgan fingerprint density at radius 2 is 2.08 bits per heavy atom. The van der Waals surface area contributed by atoms with Crippen molar-refractivity contribution in [3.8, 4) is 0 Å². The normalized spacial score (nSPS) is 17.4. The van der Waals surface area contributed by atoms with Crippen LogP contribution in [-0.2, 0) is 17.9 Å². The monoisotopic (exact) mass is 339 g/mol. The smallest absolute Gasteiger partial charge is 0.237 e. The fraction of sp³-hybridized carbons (Fsp3) is 0.421. The second kappa shape index (κ2) is 8.07. The van der Waals surface area contributed by atoms with Crippen molar-refractivity contribution in [3.05, 3.63) is 54.0 Å². The Morgan fingerprint density at radius 1 is 1.24 bits per heavy atom. The molecule has 1 saturated heterocycles. The van der Waals surface area contributed by atoms with Gasteiger partial charge in [-0.25, -0.2) is 4.98 Å². The highest BCUT2D eigenvalue weighted by Crippen LogP contribution is 2.20. The lowest BCUT2D eigenvalue weighted by Gasteiger charge is -2.23. The summed E-state index contributed by atoms with van der Waals surface area (Å²) < 4.78 is 0. The molecule has 6 nitrogen and oxygen atoms in total. The van der Waals surface area contributed by atoms with Crippen LogP contribution in [0.15, 0.2) is 42.7 Å². The van der Waals surface area contributed by atoms with Gasteiger partial charge < -0.3 is 10.2 Å². The van der Waals surface area contributed by atoms with E-state index in [1.807, 2.05) is 49.3 Å². The summed E-state index contributed by atoms with van der Waals surface area (Å²) in [5.41, 5.74) is 2.03. The van der Waals surface area contributed by atoms with E-state index in [1.54, 1.807) is 12.4 Å². The molecular formula is C19H25N5O. The second-order valence-electron chi connectivity index (χ2n) is 6.55. The molecule has 3 heterocycles. The molecular weight excluding hydrogens is 314 g/mol. The average Bonchev–Trinajstić information content (AvgIpc) is 3.09. The van der Waals surface area contributed by atoms with Gasteiger partial charge in [-0.15, -0.1) is 0 Å². The fourth-order valence-corrected chi connectivity index (χ4v) is 3.28. The fourth-order valence-electron chi connectivity index (χ4n) is 3.28. The van der Waals surface area contributed by atoms with Gasteiger partial charge >= 0.3 is 0 Å². The molecule has 132 valence electrons. The van der Waals surface area contributed by atoms with E-state index < -0.39 is 0 Å². The van der Waals surface area contributed by atoms with E-state index in [4.69, 9.17) is 0 Å². The quantitative estimate of drug-likeness (QED) is 0.870. The zero-order valence-corrected chi connectivity index (χ0v) is 14.9. The number of carbonyl (C=O) groups excluding carboxylic acids is 1. The molecule has 0 saturated carbocycles. The molecule has 0 aliphatic carbocycles. The summed E-state index contributed by atoms with van der Waals surface area (Å²) in [6, 6.07) is 9.72. The number of amides is 1. The van der Waals surface area contributed by atoms with Crippen molar-refractivity contribution in [2.75, 3.05) is 25.5 Å². The molecule has 0 radical (unpaired) electrons. The number of hydrogen-bond acceptors (Lipinski definition) is 5. The van der Waals surface area contributed by atoms with Crippen molar-refractivity contribution in [2.24, 2.45) is 0 Å². The van der Waals surface area contributed by atoms with E-state index in [1.165, 1.54) is 0 Å². The van der Waals surface area contributed by atoms with Gasteiger partial charge in [-0.05, 0) is 37.6 Å². The minimum absolute atomic E-state index is 0.0820. The first-order chi connectivity index (χ1) is 12.1. The number of likely N-dealkylation sites (tertiary alicyclic amines) is 1. The lowest BCUT2D eigenvalue weighted by atomic mass is 10.2. The standard InChI is InChI=1S/C19H25N5O/c1-23(2)18-15(7-5-11-21-18)13-22-19(25)17-9-6-12-24(17)14-16-8-3-4-10-20-16/h3-5,7-8,10-11,17H,6,9,12-14H2,1-2H3,(H,22,25). The van der Waals surface area contributed by atoms with Crippen LogP contribution in [0.4, 0.5) is 5.82 Å². The third-order valence-corrected chi connectivity index (χ3v) is 4.50. The molecule has 0 bridgehead atoms.